The molecule has 0 unspecified atom stereocenters. The number of halogens is 2. The second kappa shape index (κ2) is 7.35. The predicted octanol–water partition coefficient (Wildman–Crippen LogP) is 4.07. The molecule has 108 valence electrons. The molecule has 0 fully saturated rings. The summed E-state index contributed by atoms with van der Waals surface area (Å²) in [6, 6.07) is 12.8. The summed E-state index contributed by atoms with van der Waals surface area (Å²) in [5, 5.41) is 4.20. The molecule has 2 aromatic rings. The van der Waals surface area contributed by atoms with Crippen molar-refractivity contribution in [1.82, 2.24) is 0 Å². The van der Waals surface area contributed by atoms with Gasteiger partial charge in [0.05, 0.1) is 11.1 Å². The molecule has 0 aliphatic heterocycles. The van der Waals surface area contributed by atoms with Gasteiger partial charge < -0.3 is 0 Å². The first-order valence-electron chi connectivity index (χ1n) is 5.67. The largest absolute Gasteiger partial charge is 0.377 e. The van der Waals surface area contributed by atoms with Crippen molar-refractivity contribution in [2.75, 3.05) is 0 Å². The van der Waals surface area contributed by atoms with Gasteiger partial charge in [-0.05, 0) is 48.5 Å². The zero-order valence-electron chi connectivity index (χ0n) is 10.4. The van der Waals surface area contributed by atoms with Gasteiger partial charge >= 0.3 is 11.9 Å². The molecule has 0 atom stereocenters. The standard InChI is InChI=1S/C14H8Br2O5/c15-11-5-1-9(2-6-11)13(17)19-21-20-14(18)10-3-7-12(16)8-4-10/h1-8H. The molecule has 5 nitrogen and oxygen atoms in total. The third kappa shape index (κ3) is 4.66. The molecule has 0 heterocycles. The topological polar surface area (TPSA) is 61.8 Å². The predicted molar refractivity (Wildman–Crippen MR) is 80.2 cm³/mol. The van der Waals surface area contributed by atoms with E-state index in [1.165, 1.54) is 24.3 Å². The summed E-state index contributed by atoms with van der Waals surface area (Å²) < 4.78 is 1.64. The molecule has 0 radical (unpaired) electrons. The normalized spacial score (nSPS) is 10.0. The molecule has 0 aliphatic carbocycles. The number of carbonyl (C=O) groups excluding carboxylic acids is 2. The number of benzene rings is 2. The molecule has 7 heteroatoms. The van der Waals surface area contributed by atoms with E-state index in [0.717, 1.165) is 8.95 Å². The van der Waals surface area contributed by atoms with E-state index in [1.807, 2.05) is 0 Å². The van der Waals surface area contributed by atoms with Crippen LogP contribution in [0.5, 0.6) is 0 Å². The number of rotatable bonds is 4. The summed E-state index contributed by atoms with van der Waals surface area (Å²) >= 11 is 6.48. The van der Waals surface area contributed by atoms with E-state index in [2.05, 4.69) is 46.7 Å². The Morgan fingerprint density at radius 1 is 0.667 bits per heavy atom. The Kier molecular flexibility index (Phi) is 5.49. The maximum Gasteiger partial charge on any atom is 0.377 e. The molecule has 0 saturated carbocycles. The second-order valence-electron chi connectivity index (χ2n) is 3.82. The molecule has 0 saturated heterocycles. The molecule has 2 aromatic carbocycles. The zero-order valence-corrected chi connectivity index (χ0v) is 13.6. The van der Waals surface area contributed by atoms with E-state index in [0.29, 0.717) is 0 Å². The van der Waals surface area contributed by atoms with Crippen molar-refractivity contribution in [3.63, 3.8) is 0 Å². The van der Waals surface area contributed by atoms with Crippen LogP contribution in [0.4, 0.5) is 0 Å². The van der Waals surface area contributed by atoms with E-state index < -0.39 is 11.9 Å². The quantitative estimate of drug-likeness (QED) is 0.556. The van der Waals surface area contributed by atoms with Crippen LogP contribution in [0, 0.1) is 0 Å². The van der Waals surface area contributed by atoms with E-state index in [4.69, 9.17) is 0 Å². The van der Waals surface area contributed by atoms with E-state index in [-0.39, 0.29) is 11.1 Å². The monoisotopic (exact) mass is 414 g/mol. The maximum absolute atomic E-state index is 11.6. The lowest BCUT2D eigenvalue weighted by Crippen LogP contribution is -2.11. The summed E-state index contributed by atoms with van der Waals surface area (Å²) in [4.78, 5) is 31.9. The summed E-state index contributed by atoms with van der Waals surface area (Å²) in [5.74, 6) is -1.54. The first kappa shape index (κ1) is 15.7. The van der Waals surface area contributed by atoms with Gasteiger partial charge in [-0.3, -0.25) is 9.78 Å². The summed E-state index contributed by atoms with van der Waals surface area (Å²) in [7, 11) is 0. The fraction of sp³-hybridized carbons (Fsp3) is 0. The number of carbonyl (C=O) groups is 2. The molecular weight excluding hydrogens is 408 g/mol. The van der Waals surface area contributed by atoms with Crippen LogP contribution in [0.3, 0.4) is 0 Å². The smallest absolute Gasteiger partial charge is 0.254 e. The van der Waals surface area contributed by atoms with Gasteiger partial charge in [0.25, 0.3) is 0 Å². The average Bonchev–Trinajstić information content (AvgIpc) is 2.48. The van der Waals surface area contributed by atoms with Crippen molar-refractivity contribution in [2.24, 2.45) is 0 Å². The minimum Gasteiger partial charge on any atom is -0.254 e. The van der Waals surface area contributed by atoms with E-state index in [1.54, 1.807) is 24.3 Å². The number of hydrogen-bond donors (Lipinski definition) is 0. The molecule has 0 spiro atoms. The molecule has 21 heavy (non-hydrogen) atoms. The van der Waals surface area contributed by atoms with E-state index >= 15 is 0 Å². The Bertz CT molecular complexity index is 580. The van der Waals surface area contributed by atoms with Crippen LogP contribution in [0.2, 0.25) is 0 Å². The maximum atomic E-state index is 11.6. The van der Waals surface area contributed by atoms with Crippen LogP contribution in [0.25, 0.3) is 0 Å². The Hall–Kier alpha value is -1.70. The molecule has 0 aliphatic rings. The van der Waals surface area contributed by atoms with Gasteiger partial charge in [-0.15, -0.1) is 0 Å². The lowest BCUT2D eigenvalue weighted by molar-refractivity contribution is -0.446. The van der Waals surface area contributed by atoms with Gasteiger partial charge in [0.1, 0.15) is 0 Å². The number of hydrogen-bond acceptors (Lipinski definition) is 5. The second-order valence-corrected chi connectivity index (χ2v) is 5.65. The van der Waals surface area contributed by atoms with Gasteiger partial charge in [-0.25, -0.2) is 9.59 Å². The van der Waals surface area contributed by atoms with Crippen molar-refractivity contribution in [1.29, 1.82) is 0 Å². The van der Waals surface area contributed by atoms with Crippen molar-refractivity contribution in [2.45, 2.75) is 0 Å². The van der Waals surface area contributed by atoms with Crippen LogP contribution in [0.1, 0.15) is 20.7 Å². The molecule has 0 bridgehead atoms. The van der Waals surface area contributed by atoms with Crippen LogP contribution >= 0.6 is 31.9 Å². The molecule has 0 aromatic heterocycles. The highest BCUT2D eigenvalue weighted by Crippen LogP contribution is 2.13. The fourth-order valence-electron chi connectivity index (χ4n) is 1.35. The summed E-state index contributed by atoms with van der Waals surface area (Å²) in [5.41, 5.74) is 0.524. The van der Waals surface area contributed by atoms with Gasteiger partial charge in [0.2, 0.25) is 0 Å². The highest BCUT2D eigenvalue weighted by atomic mass is 79.9. The van der Waals surface area contributed by atoms with Crippen molar-refractivity contribution in [3.05, 3.63) is 68.6 Å². The Morgan fingerprint density at radius 3 is 1.33 bits per heavy atom. The first-order valence-corrected chi connectivity index (χ1v) is 7.26. The fourth-order valence-corrected chi connectivity index (χ4v) is 1.88. The van der Waals surface area contributed by atoms with Gasteiger partial charge in [0, 0.05) is 14.0 Å². The lowest BCUT2D eigenvalue weighted by Gasteiger charge is -2.03. The molecule has 0 amide bonds. The summed E-state index contributed by atoms with van der Waals surface area (Å²) in [6.45, 7) is 0. The highest BCUT2D eigenvalue weighted by Gasteiger charge is 2.12. The van der Waals surface area contributed by atoms with Gasteiger partial charge in [-0.1, -0.05) is 31.9 Å². The minimum absolute atomic E-state index is 0.262. The Balaban J connectivity index is 1.83. The van der Waals surface area contributed by atoms with Crippen molar-refractivity contribution < 1.29 is 24.4 Å². The first-order chi connectivity index (χ1) is 10.1. The Morgan fingerprint density at radius 2 is 1.00 bits per heavy atom. The molecule has 0 N–H and O–H groups in total. The average molecular weight is 416 g/mol. The third-order valence-electron chi connectivity index (χ3n) is 2.38. The molecule has 2 rings (SSSR count). The minimum atomic E-state index is -0.772. The Labute approximate surface area is 136 Å². The van der Waals surface area contributed by atoms with Crippen LogP contribution < -0.4 is 0 Å². The highest BCUT2D eigenvalue weighted by molar-refractivity contribution is 9.10. The van der Waals surface area contributed by atoms with Crippen LogP contribution in [0.15, 0.2) is 57.5 Å². The van der Waals surface area contributed by atoms with Crippen LogP contribution in [-0.4, -0.2) is 11.9 Å². The third-order valence-corrected chi connectivity index (χ3v) is 3.44. The van der Waals surface area contributed by atoms with Crippen LogP contribution in [-0.2, 0) is 14.8 Å². The van der Waals surface area contributed by atoms with Crippen molar-refractivity contribution >= 4 is 43.8 Å². The van der Waals surface area contributed by atoms with Crippen molar-refractivity contribution in [3.8, 4) is 0 Å². The lowest BCUT2D eigenvalue weighted by atomic mass is 10.2. The zero-order chi connectivity index (χ0) is 15.2. The van der Waals surface area contributed by atoms with Gasteiger partial charge in [-0.2, -0.15) is 0 Å². The summed E-state index contributed by atoms with van der Waals surface area (Å²) in [6.07, 6.45) is 0. The van der Waals surface area contributed by atoms with E-state index in [9.17, 15) is 9.59 Å². The van der Waals surface area contributed by atoms with Gasteiger partial charge in [0.15, 0.2) is 0 Å². The molecular formula is C14H8Br2O5. The SMILES string of the molecule is O=C(OOOC(=O)c1ccc(Br)cc1)c1ccc(Br)cc1.